The molecule has 0 bridgehead atoms. The fourth-order valence-corrected chi connectivity index (χ4v) is 5.29. The Bertz CT molecular complexity index is 1320. The molecule has 3 aromatic rings. The van der Waals surface area contributed by atoms with E-state index in [-0.39, 0.29) is 23.0 Å². The van der Waals surface area contributed by atoms with Crippen LogP contribution in [0.2, 0.25) is 5.02 Å². The van der Waals surface area contributed by atoms with Crippen molar-refractivity contribution in [2.24, 2.45) is 0 Å². The van der Waals surface area contributed by atoms with Crippen molar-refractivity contribution in [1.29, 1.82) is 0 Å². The van der Waals surface area contributed by atoms with Crippen molar-refractivity contribution in [2.45, 2.75) is 37.8 Å². The molecule has 0 heterocycles. The molecule has 1 N–H and O–H groups in total. The molecular formula is C27H29ClFN3O4S. The Morgan fingerprint density at radius 2 is 1.68 bits per heavy atom. The van der Waals surface area contributed by atoms with Crippen LogP contribution < -0.4 is 9.62 Å². The molecule has 196 valence electrons. The molecule has 0 saturated carbocycles. The predicted octanol–water partition coefficient (Wildman–Crippen LogP) is 4.62. The number of amides is 2. The lowest BCUT2D eigenvalue weighted by Crippen LogP contribution is -2.51. The summed E-state index contributed by atoms with van der Waals surface area (Å²) in [7, 11) is -4.24. The van der Waals surface area contributed by atoms with Crippen LogP contribution in [0.5, 0.6) is 0 Å². The maximum atomic E-state index is 13.7. The lowest BCUT2D eigenvalue weighted by Gasteiger charge is -2.32. The summed E-state index contributed by atoms with van der Waals surface area (Å²) in [5.74, 6) is -1.53. The normalized spacial score (nSPS) is 12.0. The molecule has 0 unspecified atom stereocenters. The Morgan fingerprint density at radius 3 is 2.30 bits per heavy atom. The summed E-state index contributed by atoms with van der Waals surface area (Å²) in [5.41, 5.74) is 0.939. The minimum absolute atomic E-state index is 0.0410. The van der Waals surface area contributed by atoms with Crippen LogP contribution in [0.3, 0.4) is 0 Å². The van der Waals surface area contributed by atoms with Gasteiger partial charge in [0.2, 0.25) is 11.8 Å². The molecule has 3 aromatic carbocycles. The third kappa shape index (κ3) is 7.30. The number of nitrogens with zero attached hydrogens (tertiary/aromatic N) is 2. The number of sulfonamides is 1. The first-order valence-electron chi connectivity index (χ1n) is 11.8. The summed E-state index contributed by atoms with van der Waals surface area (Å²) in [6.45, 7) is 3.42. The summed E-state index contributed by atoms with van der Waals surface area (Å²) in [4.78, 5) is 27.7. The minimum Gasteiger partial charge on any atom is -0.354 e. The van der Waals surface area contributed by atoms with Gasteiger partial charge >= 0.3 is 0 Å². The molecule has 2 amide bonds. The van der Waals surface area contributed by atoms with Crippen LogP contribution in [-0.4, -0.2) is 44.3 Å². The maximum Gasteiger partial charge on any atom is 0.264 e. The number of halogens is 2. The minimum atomic E-state index is -4.24. The fourth-order valence-electron chi connectivity index (χ4n) is 3.67. The second-order valence-corrected chi connectivity index (χ2v) is 10.7. The molecule has 0 aliphatic rings. The van der Waals surface area contributed by atoms with E-state index in [9.17, 15) is 22.4 Å². The van der Waals surface area contributed by atoms with Crippen molar-refractivity contribution < 1.29 is 22.4 Å². The van der Waals surface area contributed by atoms with Gasteiger partial charge in [0.25, 0.3) is 10.0 Å². The smallest absolute Gasteiger partial charge is 0.264 e. The molecule has 3 rings (SSSR count). The van der Waals surface area contributed by atoms with Crippen LogP contribution in [0.15, 0.2) is 83.8 Å². The zero-order chi connectivity index (χ0) is 27.0. The first kappa shape index (κ1) is 28.1. The van der Waals surface area contributed by atoms with E-state index < -0.39 is 34.3 Å². The summed E-state index contributed by atoms with van der Waals surface area (Å²) in [6, 6.07) is 18.5. The van der Waals surface area contributed by atoms with Gasteiger partial charge in [-0.1, -0.05) is 48.9 Å². The van der Waals surface area contributed by atoms with E-state index in [4.69, 9.17) is 11.6 Å². The van der Waals surface area contributed by atoms with Crippen molar-refractivity contribution >= 4 is 39.1 Å². The van der Waals surface area contributed by atoms with Gasteiger partial charge in [-0.3, -0.25) is 13.9 Å². The second kappa shape index (κ2) is 12.7. The van der Waals surface area contributed by atoms with Crippen LogP contribution >= 0.6 is 11.6 Å². The van der Waals surface area contributed by atoms with E-state index >= 15 is 0 Å². The highest BCUT2D eigenvalue weighted by Gasteiger charge is 2.32. The molecule has 0 spiro atoms. The van der Waals surface area contributed by atoms with Crippen LogP contribution in [0, 0.1) is 5.82 Å². The Hall–Kier alpha value is -3.43. The third-order valence-electron chi connectivity index (χ3n) is 5.68. The number of rotatable bonds is 11. The van der Waals surface area contributed by atoms with E-state index in [0.717, 1.165) is 35.0 Å². The predicted molar refractivity (Wildman–Crippen MR) is 142 cm³/mol. The standard InChI is InChI=1S/C27H29ClFN3O4S/c1-3-16-30-27(34)20(2)31(18-21-8-7-9-22(28)17-21)26(33)19-32(24-10-5-4-6-11-24)37(35,36)25-14-12-23(29)13-15-25/h4-15,17,20H,3,16,18-19H2,1-2H3,(H,30,34)/t20-/m1/s1. The maximum absolute atomic E-state index is 13.7. The number of carbonyl (C=O) groups is 2. The lowest BCUT2D eigenvalue weighted by molar-refractivity contribution is -0.139. The first-order chi connectivity index (χ1) is 17.6. The Balaban J connectivity index is 1.99. The quantitative estimate of drug-likeness (QED) is 0.381. The van der Waals surface area contributed by atoms with Crippen molar-refractivity contribution in [3.05, 3.63) is 95.3 Å². The van der Waals surface area contributed by atoms with Crippen molar-refractivity contribution in [3.8, 4) is 0 Å². The summed E-state index contributed by atoms with van der Waals surface area (Å²) >= 11 is 6.12. The molecule has 0 fully saturated rings. The van der Waals surface area contributed by atoms with Gasteiger partial charge in [0, 0.05) is 18.1 Å². The van der Waals surface area contributed by atoms with E-state index in [1.54, 1.807) is 61.5 Å². The lowest BCUT2D eigenvalue weighted by atomic mass is 10.1. The molecule has 37 heavy (non-hydrogen) atoms. The number of hydrogen-bond acceptors (Lipinski definition) is 4. The largest absolute Gasteiger partial charge is 0.354 e. The van der Waals surface area contributed by atoms with Gasteiger partial charge in [-0.25, -0.2) is 12.8 Å². The van der Waals surface area contributed by atoms with Crippen LogP contribution in [0.1, 0.15) is 25.8 Å². The molecule has 1 atom stereocenters. The zero-order valence-corrected chi connectivity index (χ0v) is 22.2. The van der Waals surface area contributed by atoms with Gasteiger partial charge in [0.05, 0.1) is 10.6 Å². The van der Waals surface area contributed by atoms with Crippen LogP contribution in [0.25, 0.3) is 0 Å². The van der Waals surface area contributed by atoms with Gasteiger partial charge in [0.1, 0.15) is 18.4 Å². The van der Waals surface area contributed by atoms with Gasteiger partial charge in [-0.15, -0.1) is 0 Å². The second-order valence-electron chi connectivity index (χ2n) is 8.42. The summed E-state index contributed by atoms with van der Waals surface area (Å²) < 4.78 is 41.6. The number of anilines is 1. The highest BCUT2D eigenvalue weighted by atomic mass is 35.5. The average Bonchev–Trinajstić information content (AvgIpc) is 2.89. The van der Waals surface area contributed by atoms with Crippen molar-refractivity contribution in [1.82, 2.24) is 10.2 Å². The van der Waals surface area contributed by atoms with Crippen LogP contribution in [0.4, 0.5) is 10.1 Å². The molecule has 0 saturated heterocycles. The fraction of sp³-hybridized carbons (Fsp3) is 0.259. The third-order valence-corrected chi connectivity index (χ3v) is 7.71. The Morgan fingerprint density at radius 1 is 1.00 bits per heavy atom. The van der Waals surface area contributed by atoms with E-state index in [2.05, 4.69) is 5.32 Å². The summed E-state index contributed by atoms with van der Waals surface area (Å²) in [5, 5.41) is 3.25. The molecule has 0 aliphatic heterocycles. The number of para-hydroxylation sites is 1. The molecule has 7 nitrogen and oxygen atoms in total. The highest BCUT2D eigenvalue weighted by molar-refractivity contribution is 7.92. The van der Waals surface area contributed by atoms with E-state index in [1.807, 2.05) is 6.92 Å². The summed E-state index contributed by atoms with van der Waals surface area (Å²) in [6.07, 6.45) is 0.721. The van der Waals surface area contributed by atoms with Crippen LogP contribution in [-0.2, 0) is 26.2 Å². The Labute approximate surface area is 221 Å². The molecule has 0 aliphatic carbocycles. The van der Waals surface area contributed by atoms with Crippen molar-refractivity contribution in [3.63, 3.8) is 0 Å². The zero-order valence-electron chi connectivity index (χ0n) is 20.6. The number of hydrogen-bond donors (Lipinski definition) is 1. The molecule has 0 radical (unpaired) electrons. The van der Waals surface area contributed by atoms with Gasteiger partial charge in [-0.05, 0) is 67.4 Å². The van der Waals surface area contributed by atoms with Gasteiger partial charge < -0.3 is 10.2 Å². The Kier molecular flexibility index (Phi) is 9.66. The van der Waals surface area contributed by atoms with Gasteiger partial charge in [-0.2, -0.15) is 0 Å². The number of nitrogens with one attached hydrogen (secondary N) is 1. The van der Waals surface area contributed by atoms with Crippen molar-refractivity contribution in [2.75, 3.05) is 17.4 Å². The average molecular weight is 546 g/mol. The van der Waals surface area contributed by atoms with E-state index in [1.165, 1.54) is 4.90 Å². The highest BCUT2D eigenvalue weighted by Crippen LogP contribution is 2.25. The molecular weight excluding hydrogens is 517 g/mol. The SMILES string of the molecule is CCCNC(=O)[C@@H](C)N(Cc1cccc(Cl)c1)C(=O)CN(c1ccccc1)S(=O)(=O)c1ccc(F)cc1. The number of benzene rings is 3. The molecule has 0 aromatic heterocycles. The van der Waals surface area contributed by atoms with Gasteiger partial charge in [0.15, 0.2) is 0 Å². The topological polar surface area (TPSA) is 86.8 Å². The number of carbonyl (C=O) groups excluding carboxylic acids is 2. The monoisotopic (exact) mass is 545 g/mol. The first-order valence-corrected chi connectivity index (χ1v) is 13.6. The van der Waals surface area contributed by atoms with E-state index in [0.29, 0.717) is 17.1 Å². The molecule has 10 heteroatoms.